The Balaban J connectivity index is 1.59. The lowest BCUT2D eigenvalue weighted by molar-refractivity contribution is 0.0319. The minimum atomic E-state index is -0.663. The number of aryl methyl sites for hydroxylation is 1. The molecule has 4 rings (SSSR count). The van der Waals surface area contributed by atoms with Crippen LogP contribution in [0.5, 0.6) is 0 Å². The third-order valence-electron chi connectivity index (χ3n) is 5.33. The van der Waals surface area contributed by atoms with E-state index in [9.17, 15) is 9.59 Å². The van der Waals surface area contributed by atoms with Crippen molar-refractivity contribution in [1.29, 1.82) is 0 Å². The van der Waals surface area contributed by atoms with Crippen molar-refractivity contribution in [3.63, 3.8) is 0 Å². The number of fused-ring (bicyclic) bond motifs is 3. The molecule has 152 valence electrons. The number of methoxy groups -OCH3 is 1. The SMILES string of the molecule is COCc1cccc(C(=O)O[C@H](C)c2nc3sc4c(c3c(=O)[nH]2)CC[C@@H](C)C4)c1. The standard InChI is InChI=1S/C22H24N2O4S/c1-12-7-8-16-17(9-12)29-21-18(16)20(25)23-19(24-21)13(2)28-22(26)15-6-4-5-14(10-15)11-27-3/h4-6,10,12-13H,7-9,11H2,1-3H3,(H,23,24,25)/t12-,13-/m1/s1. The second kappa shape index (κ2) is 8.08. The number of ether oxygens (including phenoxy) is 2. The zero-order valence-electron chi connectivity index (χ0n) is 16.8. The average Bonchev–Trinajstić information content (AvgIpc) is 3.06. The highest BCUT2D eigenvalue weighted by Crippen LogP contribution is 2.36. The average molecular weight is 413 g/mol. The Hall–Kier alpha value is -2.51. The number of thiophene rings is 1. The van der Waals surface area contributed by atoms with Crippen LogP contribution in [-0.4, -0.2) is 23.0 Å². The summed E-state index contributed by atoms with van der Waals surface area (Å²) in [6.45, 7) is 4.38. The first-order valence-corrected chi connectivity index (χ1v) is 10.6. The third kappa shape index (κ3) is 3.97. The van der Waals surface area contributed by atoms with Crippen LogP contribution < -0.4 is 5.56 Å². The Bertz CT molecular complexity index is 1120. The number of nitrogens with one attached hydrogen (secondary N) is 1. The van der Waals surface area contributed by atoms with E-state index in [1.165, 1.54) is 4.88 Å². The molecule has 1 aliphatic rings. The summed E-state index contributed by atoms with van der Waals surface area (Å²) in [5.41, 5.74) is 2.32. The number of aromatic nitrogens is 2. The van der Waals surface area contributed by atoms with Crippen molar-refractivity contribution in [2.75, 3.05) is 7.11 Å². The van der Waals surface area contributed by atoms with Crippen molar-refractivity contribution >= 4 is 27.5 Å². The minimum Gasteiger partial charge on any atom is -0.451 e. The molecule has 0 fully saturated rings. The fraction of sp³-hybridized carbons (Fsp3) is 0.409. The van der Waals surface area contributed by atoms with Crippen LogP contribution in [0.4, 0.5) is 0 Å². The lowest BCUT2D eigenvalue weighted by Crippen LogP contribution is -2.18. The van der Waals surface area contributed by atoms with E-state index in [0.717, 1.165) is 35.2 Å². The molecule has 1 N–H and O–H groups in total. The molecule has 29 heavy (non-hydrogen) atoms. The van der Waals surface area contributed by atoms with Crippen LogP contribution in [0.3, 0.4) is 0 Å². The number of hydrogen-bond donors (Lipinski definition) is 1. The zero-order valence-corrected chi connectivity index (χ0v) is 17.6. The van der Waals surface area contributed by atoms with Crippen LogP contribution in [0.25, 0.3) is 10.2 Å². The van der Waals surface area contributed by atoms with Crippen LogP contribution in [0.15, 0.2) is 29.1 Å². The number of carbonyl (C=O) groups excluding carboxylic acids is 1. The summed E-state index contributed by atoms with van der Waals surface area (Å²) in [6, 6.07) is 7.11. The maximum Gasteiger partial charge on any atom is 0.338 e. The molecule has 3 aromatic rings. The van der Waals surface area contributed by atoms with Gasteiger partial charge in [-0.15, -0.1) is 11.3 Å². The Kier molecular flexibility index (Phi) is 5.52. The second-order valence-corrected chi connectivity index (χ2v) is 8.75. The second-order valence-electron chi connectivity index (χ2n) is 7.66. The number of benzene rings is 1. The summed E-state index contributed by atoms with van der Waals surface area (Å²) in [5.74, 6) is 0.538. The van der Waals surface area contributed by atoms with Gasteiger partial charge < -0.3 is 14.5 Å². The van der Waals surface area contributed by atoms with Crippen molar-refractivity contribution in [3.8, 4) is 0 Å². The summed E-state index contributed by atoms with van der Waals surface area (Å²) in [7, 11) is 1.61. The van der Waals surface area contributed by atoms with E-state index in [1.807, 2.05) is 6.07 Å². The Morgan fingerprint density at radius 3 is 3.03 bits per heavy atom. The predicted molar refractivity (Wildman–Crippen MR) is 112 cm³/mol. The molecule has 0 unspecified atom stereocenters. The predicted octanol–water partition coefficient (Wildman–Crippen LogP) is 4.17. The van der Waals surface area contributed by atoms with Gasteiger partial charge >= 0.3 is 5.97 Å². The van der Waals surface area contributed by atoms with Gasteiger partial charge in [0.15, 0.2) is 11.9 Å². The third-order valence-corrected chi connectivity index (χ3v) is 6.47. The molecule has 0 saturated carbocycles. The fourth-order valence-corrected chi connectivity index (χ4v) is 5.19. The quantitative estimate of drug-likeness (QED) is 0.636. The van der Waals surface area contributed by atoms with E-state index >= 15 is 0 Å². The van der Waals surface area contributed by atoms with Gasteiger partial charge in [-0.25, -0.2) is 9.78 Å². The fourth-order valence-electron chi connectivity index (χ4n) is 3.80. The first-order chi connectivity index (χ1) is 14.0. The highest BCUT2D eigenvalue weighted by molar-refractivity contribution is 7.18. The molecule has 2 heterocycles. The molecule has 0 saturated heterocycles. The van der Waals surface area contributed by atoms with E-state index in [2.05, 4.69) is 16.9 Å². The number of H-pyrrole nitrogens is 1. The van der Waals surface area contributed by atoms with E-state index in [0.29, 0.717) is 29.3 Å². The highest BCUT2D eigenvalue weighted by Gasteiger charge is 2.24. The molecular weight excluding hydrogens is 388 g/mol. The Morgan fingerprint density at radius 2 is 2.24 bits per heavy atom. The van der Waals surface area contributed by atoms with Crippen LogP contribution in [-0.2, 0) is 28.9 Å². The van der Waals surface area contributed by atoms with E-state index < -0.39 is 12.1 Å². The van der Waals surface area contributed by atoms with E-state index in [-0.39, 0.29) is 5.56 Å². The van der Waals surface area contributed by atoms with Gasteiger partial charge in [0, 0.05) is 12.0 Å². The molecule has 6 nitrogen and oxygen atoms in total. The molecule has 7 heteroatoms. The molecule has 1 aliphatic carbocycles. The zero-order chi connectivity index (χ0) is 20.5. The van der Waals surface area contributed by atoms with Crippen molar-refractivity contribution in [1.82, 2.24) is 9.97 Å². The van der Waals surface area contributed by atoms with Gasteiger partial charge in [-0.1, -0.05) is 19.1 Å². The van der Waals surface area contributed by atoms with Crippen LogP contribution in [0.2, 0.25) is 0 Å². The molecule has 0 aliphatic heterocycles. The van der Waals surface area contributed by atoms with Gasteiger partial charge in [0.1, 0.15) is 4.83 Å². The van der Waals surface area contributed by atoms with Gasteiger partial charge in [0.05, 0.1) is 17.6 Å². The topological polar surface area (TPSA) is 81.3 Å². The number of hydrogen-bond acceptors (Lipinski definition) is 6. The largest absolute Gasteiger partial charge is 0.451 e. The van der Waals surface area contributed by atoms with Crippen LogP contribution in [0.1, 0.15) is 58.6 Å². The van der Waals surface area contributed by atoms with Crippen molar-refractivity contribution < 1.29 is 14.3 Å². The van der Waals surface area contributed by atoms with Crippen molar-refractivity contribution in [2.24, 2.45) is 5.92 Å². The molecular formula is C22H24N2O4S. The van der Waals surface area contributed by atoms with Gasteiger partial charge in [0.2, 0.25) is 0 Å². The van der Waals surface area contributed by atoms with Crippen LogP contribution in [0, 0.1) is 5.92 Å². The number of aromatic amines is 1. The van der Waals surface area contributed by atoms with Crippen molar-refractivity contribution in [2.45, 2.75) is 45.8 Å². The molecule has 2 atom stereocenters. The van der Waals surface area contributed by atoms with Gasteiger partial charge in [0.25, 0.3) is 5.56 Å². The summed E-state index contributed by atoms with van der Waals surface area (Å²) in [4.78, 5) is 34.7. The summed E-state index contributed by atoms with van der Waals surface area (Å²) < 4.78 is 10.7. The molecule has 0 amide bonds. The Labute approximate surface area is 172 Å². The molecule has 0 radical (unpaired) electrons. The van der Waals surface area contributed by atoms with Gasteiger partial charge in [-0.2, -0.15) is 0 Å². The maximum atomic E-state index is 12.7. The first kappa shape index (κ1) is 19.8. The normalized spacial score (nSPS) is 17.1. The lowest BCUT2D eigenvalue weighted by atomic mass is 9.89. The molecule has 0 bridgehead atoms. The Morgan fingerprint density at radius 1 is 1.41 bits per heavy atom. The molecule has 1 aromatic carbocycles. The van der Waals surface area contributed by atoms with E-state index in [1.54, 1.807) is 43.6 Å². The van der Waals surface area contributed by atoms with Gasteiger partial charge in [-0.05, 0) is 55.4 Å². The first-order valence-electron chi connectivity index (χ1n) is 9.79. The van der Waals surface area contributed by atoms with Crippen molar-refractivity contribution in [3.05, 3.63) is 62.0 Å². The summed E-state index contributed by atoms with van der Waals surface area (Å²) >= 11 is 1.59. The maximum absolute atomic E-state index is 12.7. The minimum absolute atomic E-state index is 0.151. The van der Waals surface area contributed by atoms with Crippen LogP contribution >= 0.6 is 11.3 Å². The summed E-state index contributed by atoms with van der Waals surface area (Å²) in [5, 5.41) is 0.700. The molecule has 0 spiro atoms. The summed E-state index contributed by atoms with van der Waals surface area (Å²) in [6.07, 6.45) is 2.34. The highest BCUT2D eigenvalue weighted by atomic mass is 32.1. The number of nitrogens with zero attached hydrogens (tertiary/aromatic N) is 1. The van der Waals surface area contributed by atoms with Gasteiger partial charge in [-0.3, -0.25) is 4.79 Å². The van der Waals surface area contributed by atoms with E-state index in [4.69, 9.17) is 9.47 Å². The molecule has 2 aromatic heterocycles. The lowest BCUT2D eigenvalue weighted by Gasteiger charge is -2.17. The number of esters is 1. The monoisotopic (exact) mass is 412 g/mol. The smallest absolute Gasteiger partial charge is 0.338 e. The number of carbonyl (C=O) groups is 1. The number of rotatable bonds is 5.